The van der Waals surface area contributed by atoms with Gasteiger partial charge in [0.25, 0.3) is 0 Å². The predicted octanol–water partition coefficient (Wildman–Crippen LogP) is 6.42. The number of likely N-dealkylation sites (tertiary alicyclic amines) is 1. The number of piperidine rings is 1. The fourth-order valence-electron chi connectivity index (χ4n) is 4.49. The average Bonchev–Trinajstić information content (AvgIpc) is 3.20. The van der Waals surface area contributed by atoms with Crippen LogP contribution >= 0.6 is 15.9 Å². The molecule has 1 fully saturated rings. The van der Waals surface area contributed by atoms with Crippen LogP contribution in [0.1, 0.15) is 35.2 Å². The maximum Gasteiger partial charge on any atom is 0.416 e. The molecule has 3 heterocycles. The first-order valence-electron chi connectivity index (χ1n) is 11.8. The first-order chi connectivity index (χ1) is 17.2. The summed E-state index contributed by atoms with van der Waals surface area (Å²) in [5, 5.41) is 7.95. The molecule has 2 aromatic heterocycles. The minimum atomic E-state index is -4.36. The van der Waals surface area contributed by atoms with E-state index in [0.717, 1.165) is 52.6 Å². The number of alkyl halides is 3. The summed E-state index contributed by atoms with van der Waals surface area (Å²) < 4.78 is 43.2. The fraction of sp³-hybridized carbons (Fsp3) is 0.333. The van der Waals surface area contributed by atoms with Crippen molar-refractivity contribution in [2.75, 3.05) is 13.1 Å². The zero-order valence-electron chi connectivity index (χ0n) is 20.1. The van der Waals surface area contributed by atoms with Gasteiger partial charge < -0.3 is 5.32 Å². The average molecular weight is 560 g/mol. The molecule has 1 atom stereocenters. The first kappa shape index (κ1) is 26.2. The Morgan fingerprint density at radius 1 is 1.22 bits per heavy atom. The number of aromatic nitrogens is 3. The summed E-state index contributed by atoms with van der Waals surface area (Å²) in [6, 6.07) is 9.72. The summed E-state index contributed by atoms with van der Waals surface area (Å²) in [5.74, 6) is 0.915. The van der Waals surface area contributed by atoms with Gasteiger partial charge in [-0.25, -0.2) is 4.68 Å². The summed E-state index contributed by atoms with van der Waals surface area (Å²) in [6.45, 7) is 8.56. The lowest BCUT2D eigenvalue weighted by Gasteiger charge is -2.34. The molecule has 36 heavy (non-hydrogen) atoms. The second kappa shape index (κ2) is 11.4. The molecular formula is C27H29BrF3N5. The molecule has 1 saturated heterocycles. The highest BCUT2D eigenvalue weighted by Crippen LogP contribution is 2.33. The lowest BCUT2D eigenvalue weighted by molar-refractivity contribution is -0.138. The highest BCUT2D eigenvalue weighted by Gasteiger charge is 2.33. The van der Waals surface area contributed by atoms with E-state index in [1.807, 2.05) is 36.0 Å². The Morgan fingerprint density at radius 3 is 2.72 bits per heavy atom. The van der Waals surface area contributed by atoms with E-state index in [1.54, 1.807) is 24.5 Å². The van der Waals surface area contributed by atoms with Crippen LogP contribution in [0.25, 0.3) is 5.82 Å². The van der Waals surface area contributed by atoms with E-state index < -0.39 is 11.7 Å². The van der Waals surface area contributed by atoms with Crippen molar-refractivity contribution in [1.82, 2.24) is 25.0 Å². The van der Waals surface area contributed by atoms with Gasteiger partial charge in [0, 0.05) is 32.0 Å². The molecule has 4 rings (SSSR count). The maximum atomic E-state index is 13.5. The zero-order chi connectivity index (χ0) is 25.7. The number of rotatable bonds is 8. The molecule has 1 aliphatic rings. The van der Waals surface area contributed by atoms with Crippen molar-refractivity contribution in [3.05, 3.63) is 100 Å². The van der Waals surface area contributed by atoms with E-state index in [0.29, 0.717) is 18.7 Å². The van der Waals surface area contributed by atoms with Gasteiger partial charge in [-0.3, -0.25) is 9.88 Å². The molecule has 1 aliphatic heterocycles. The van der Waals surface area contributed by atoms with Crippen LogP contribution in [-0.2, 0) is 19.3 Å². The number of hydrogen-bond acceptors (Lipinski definition) is 4. The topological polar surface area (TPSA) is 46.0 Å². The Balaban J connectivity index is 1.51. The van der Waals surface area contributed by atoms with Crippen LogP contribution < -0.4 is 5.32 Å². The molecule has 0 spiro atoms. The van der Waals surface area contributed by atoms with Gasteiger partial charge in [0.15, 0.2) is 0 Å². The van der Waals surface area contributed by atoms with E-state index in [-0.39, 0.29) is 12.5 Å². The Morgan fingerprint density at radius 2 is 2.03 bits per heavy atom. The zero-order valence-corrected chi connectivity index (χ0v) is 21.7. The van der Waals surface area contributed by atoms with Crippen molar-refractivity contribution in [1.29, 1.82) is 0 Å². The second-order valence-corrected chi connectivity index (χ2v) is 9.89. The number of hydrogen-bond donors (Lipinski definition) is 1. The van der Waals surface area contributed by atoms with E-state index in [9.17, 15) is 13.2 Å². The monoisotopic (exact) mass is 559 g/mol. The minimum absolute atomic E-state index is 0.131. The highest BCUT2D eigenvalue weighted by atomic mass is 79.9. The fourth-order valence-corrected chi connectivity index (χ4v) is 4.75. The Labute approximate surface area is 217 Å². The number of benzene rings is 1. The van der Waals surface area contributed by atoms with Crippen LogP contribution in [-0.4, -0.2) is 32.8 Å². The van der Waals surface area contributed by atoms with Crippen molar-refractivity contribution < 1.29 is 13.2 Å². The molecule has 0 bridgehead atoms. The molecule has 190 valence electrons. The van der Waals surface area contributed by atoms with Crippen LogP contribution in [0.2, 0.25) is 0 Å². The van der Waals surface area contributed by atoms with Crippen LogP contribution in [0.5, 0.6) is 0 Å². The molecule has 3 aromatic rings. The maximum absolute atomic E-state index is 13.5. The second-order valence-electron chi connectivity index (χ2n) is 9.04. The van der Waals surface area contributed by atoms with E-state index >= 15 is 0 Å². The smallest absolute Gasteiger partial charge is 0.366 e. The van der Waals surface area contributed by atoms with Crippen LogP contribution in [0.4, 0.5) is 13.2 Å². The molecule has 0 saturated carbocycles. The largest absolute Gasteiger partial charge is 0.416 e. The third kappa shape index (κ3) is 6.44. The minimum Gasteiger partial charge on any atom is -0.366 e. The summed E-state index contributed by atoms with van der Waals surface area (Å²) in [7, 11) is 0. The standard InChI is InChI=1S/C27H29BrF3N5/c1-19(13-26(36-20(2)25(28)16-34-36)33-15-21-7-5-11-32-14-21)22-9-6-12-35(17-22)18-23-8-3-4-10-24(23)27(29,30)31/h3-5,7-8,10-11,13-14,16,22,33H,1,6,9,12,15,17-18H2,2H3/b26-13-. The molecule has 5 nitrogen and oxygen atoms in total. The van der Waals surface area contributed by atoms with Crippen molar-refractivity contribution in [3.8, 4) is 0 Å². The van der Waals surface area contributed by atoms with Crippen LogP contribution in [0.3, 0.4) is 0 Å². The lowest BCUT2D eigenvalue weighted by atomic mass is 9.90. The van der Waals surface area contributed by atoms with E-state index in [1.165, 1.54) is 6.07 Å². The van der Waals surface area contributed by atoms with Crippen LogP contribution in [0, 0.1) is 12.8 Å². The van der Waals surface area contributed by atoms with E-state index in [2.05, 4.69) is 42.8 Å². The molecule has 0 radical (unpaired) electrons. The van der Waals surface area contributed by atoms with Crippen molar-refractivity contribution >= 4 is 21.8 Å². The quantitative estimate of drug-likeness (QED) is 0.323. The first-order valence-corrected chi connectivity index (χ1v) is 12.6. The van der Waals surface area contributed by atoms with Gasteiger partial charge in [0.1, 0.15) is 5.82 Å². The predicted molar refractivity (Wildman–Crippen MR) is 139 cm³/mol. The summed E-state index contributed by atoms with van der Waals surface area (Å²) in [4.78, 5) is 6.27. The SMILES string of the molecule is C=C(/C=C(/NCc1cccnc1)n1ncc(Br)c1C)C1CCCN(Cc2ccccc2C(F)(F)F)C1. The molecule has 0 amide bonds. The normalized spacial score (nSPS) is 17.2. The number of allylic oxidation sites excluding steroid dienone is 1. The Kier molecular flexibility index (Phi) is 8.31. The van der Waals surface area contributed by atoms with Crippen molar-refractivity contribution in [3.63, 3.8) is 0 Å². The Hall–Kier alpha value is -2.91. The third-order valence-corrected chi connectivity index (χ3v) is 7.22. The molecule has 1 aromatic carbocycles. The molecule has 1 N–H and O–H groups in total. The molecule has 1 unspecified atom stereocenters. The molecule has 9 heteroatoms. The van der Waals surface area contributed by atoms with Gasteiger partial charge in [-0.2, -0.15) is 18.3 Å². The van der Waals surface area contributed by atoms with Gasteiger partial charge in [0.05, 0.1) is 21.9 Å². The van der Waals surface area contributed by atoms with E-state index in [4.69, 9.17) is 0 Å². The van der Waals surface area contributed by atoms with Gasteiger partial charge in [0.2, 0.25) is 0 Å². The summed E-state index contributed by atoms with van der Waals surface area (Å²) in [5.41, 5.74) is 2.64. The number of pyridine rings is 1. The van der Waals surface area contributed by atoms with Gasteiger partial charge in [-0.15, -0.1) is 0 Å². The van der Waals surface area contributed by atoms with Crippen molar-refractivity contribution in [2.45, 2.75) is 39.0 Å². The number of nitrogens with zero attached hydrogens (tertiary/aromatic N) is 4. The van der Waals surface area contributed by atoms with Crippen LogP contribution in [0.15, 0.2) is 77.7 Å². The lowest BCUT2D eigenvalue weighted by Crippen LogP contribution is -2.36. The molecular weight excluding hydrogens is 531 g/mol. The number of halogens is 4. The van der Waals surface area contributed by atoms with Gasteiger partial charge in [-0.05, 0) is 83.1 Å². The summed E-state index contributed by atoms with van der Waals surface area (Å²) >= 11 is 3.52. The Bertz CT molecular complexity index is 1220. The highest BCUT2D eigenvalue weighted by molar-refractivity contribution is 9.10. The number of nitrogens with one attached hydrogen (secondary N) is 1. The molecule has 0 aliphatic carbocycles. The van der Waals surface area contributed by atoms with Crippen molar-refractivity contribution in [2.24, 2.45) is 5.92 Å². The third-order valence-electron chi connectivity index (χ3n) is 6.44. The van der Waals surface area contributed by atoms with Gasteiger partial charge in [-0.1, -0.05) is 30.8 Å². The summed E-state index contributed by atoms with van der Waals surface area (Å²) in [6.07, 6.45) is 4.77. The van der Waals surface area contributed by atoms with Gasteiger partial charge >= 0.3 is 6.18 Å².